The zero-order chi connectivity index (χ0) is 24.4. The topological polar surface area (TPSA) is 228 Å². The first-order chi connectivity index (χ1) is 15.0. The maximum absolute atomic E-state index is 13.1. The van der Waals surface area contributed by atoms with E-state index in [1.54, 1.807) is 0 Å². The van der Waals surface area contributed by atoms with E-state index in [-0.39, 0.29) is 13.0 Å². The molecular weight excluding hydrogens is 444 g/mol. The number of carboxylic acids is 1. The molecule has 32 heavy (non-hydrogen) atoms. The van der Waals surface area contributed by atoms with Crippen LogP contribution in [-0.4, -0.2) is 88.2 Å². The molecule has 0 aromatic heterocycles. The van der Waals surface area contributed by atoms with Gasteiger partial charge in [-0.15, -0.1) is 0 Å². The second kappa shape index (κ2) is 12.9. The van der Waals surface area contributed by atoms with Gasteiger partial charge in [-0.3, -0.25) is 24.0 Å². The van der Waals surface area contributed by atoms with Gasteiger partial charge in [0.25, 0.3) is 0 Å². The molecule has 180 valence electrons. The van der Waals surface area contributed by atoms with Gasteiger partial charge < -0.3 is 37.8 Å². The van der Waals surface area contributed by atoms with Crippen LogP contribution in [-0.2, 0) is 28.8 Å². The van der Waals surface area contributed by atoms with E-state index < -0.39 is 72.5 Å². The van der Waals surface area contributed by atoms with Crippen molar-refractivity contribution in [3.05, 3.63) is 0 Å². The maximum Gasteiger partial charge on any atom is 0.326 e. The minimum atomic E-state index is -1.55. The first-order valence-corrected chi connectivity index (χ1v) is 11.3. The lowest BCUT2D eigenvalue weighted by atomic mass is 10.1. The first-order valence-electron chi connectivity index (χ1n) is 9.93. The van der Waals surface area contributed by atoms with E-state index in [9.17, 15) is 33.9 Å². The van der Waals surface area contributed by atoms with Crippen molar-refractivity contribution in [2.45, 2.75) is 56.3 Å². The van der Waals surface area contributed by atoms with Crippen molar-refractivity contribution in [1.82, 2.24) is 15.5 Å². The molecule has 13 nitrogen and oxygen atoms in total. The number of carbonyl (C=O) groups is 6. The highest BCUT2D eigenvalue weighted by Gasteiger charge is 2.39. The number of nitrogens with one attached hydrogen (secondary N) is 2. The number of nitrogens with zero attached hydrogens (tertiary/aromatic N) is 1. The van der Waals surface area contributed by atoms with Crippen LogP contribution in [0.25, 0.3) is 0 Å². The Hall–Kier alpha value is -2.87. The van der Waals surface area contributed by atoms with Crippen molar-refractivity contribution >= 4 is 47.3 Å². The second-order valence-corrected chi connectivity index (χ2v) is 8.36. The molecule has 0 aliphatic carbocycles. The molecule has 1 aliphatic rings. The van der Waals surface area contributed by atoms with E-state index in [1.807, 2.05) is 6.26 Å². The van der Waals surface area contributed by atoms with Crippen LogP contribution in [0.1, 0.15) is 32.1 Å². The zero-order valence-corrected chi connectivity index (χ0v) is 18.6. The highest BCUT2D eigenvalue weighted by atomic mass is 32.2. The van der Waals surface area contributed by atoms with Gasteiger partial charge in [-0.05, 0) is 31.3 Å². The van der Waals surface area contributed by atoms with Crippen LogP contribution in [0.4, 0.5) is 0 Å². The molecule has 1 fully saturated rings. The van der Waals surface area contributed by atoms with Crippen molar-refractivity contribution < 1.29 is 33.9 Å². The molecule has 5 amide bonds. The van der Waals surface area contributed by atoms with Crippen molar-refractivity contribution in [3.63, 3.8) is 0 Å². The van der Waals surface area contributed by atoms with Gasteiger partial charge in [0.2, 0.25) is 29.5 Å². The van der Waals surface area contributed by atoms with Crippen LogP contribution in [0.3, 0.4) is 0 Å². The van der Waals surface area contributed by atoms with Gasteiger partial charge in [0, 0.05) is 6.54 Å². The van der Waals surface area contributed by atoms with Crippen LogP contribution in [0.5, 0.6) is 0 Å². The molecule has 1 aliphatic heterocycles. The van der Waals surface area contributed by atoms with Gasteiger partial charge in [-0.1, -0.05) is 0 Å². The molecule has 14 heteroatoms. The molecule has 0 aromatic rings. The number of likely N-dealkylation sites (tertiary alicyclic amines) is 1. The molecule has 1 saturated heterocycles. The van der Waals surface area contributed by atoms with E-state index in [4.69, 9.17) is 17.2 Å². The Labute approximate surface area is 189 Å². The van der Waals surface area contributed by atoms with E-state index in [0.29, 0.717) is 18.6 Å². The Morgan fingerprint density at radius 3 is 2.19 bits per heavy atom. The fourth-order valence-electron chi connectivity index (χ4n) is 3.23. The lowest BCUT2D eigenvalue weighted by molar-refractivity contribution is -0.146. The van der Waals surface area contributed by atoms with Crippen LogP contribution < -0.4 is 27.8 Å². The number of carbonyl (C=O) groups excluding carboxylic acids is 5. The monoisotopic (exact) mass is 474 g/mol. The van der Waals surface area contributed by atoms with Crippen LogP contribution in [0, 0.1) is 0 Å². The number of hydrogen-bond donors (Lipinski definition) is 6. The third-order valence-corrected chi connectivity index (χ3v) is 5.49. The second-order valence-electron chi connectivity index (χ2n) is 7.38. The number of thioether (sulfide) groups is 1. The number of aliphatic carboxylic acids is 1. The lowest BCUT2D eigenvalue weighted by Crippen LogP contribution is -2.57. The SMILES string of the molecule is CSCCC(N)C(=O)NC(CC(N)=O)C(=O)N1CCCC1C(=O)NC(CC(N)=O)C(=O)O. The van der Waals surface area contributed by atoms with E-state index >= 15 is 0 Å². The van der Waals surface area contributed by atoms with E-state index in [2.05, 4.69) is 10.6 Å². The summed E-state index contributed by atoms with van der Waals surface area (Å²) < 4.78 is 0. The molecule has 1 heterocycles. The van der Waals surface area contributed by atoms with Crippen LogP contribution in [0.2, 0.25) is 0 Å². The summed E-state index contributed by atoms with van der Waals surface area (Å²) in [6.45, 7) is 0.147. The molecule has 4 unspecified atom stereocenters. The Morgan fingerprint density at radius 2 is 1.66 bits per heavy atom. The largest absolute Gasteiger partial charge is 0.480 e. The molecule has 0 aromatic carbocycles. The first kappa shape index (κ1) is 27.2. The summed E-state index contributed by atoms with van der Waals surface area (Å²) in [5, 5.41) is 13.8. The van der Waals surface area contributed by atoms with Crippen LogP contribution in [0.15, 0.2) is 0 Å². The third kappa shape index (κ3) is 8.34. The Balaban J connectivity index is 2.94. The molecule has 0 bridgehead atoms. The zero-order valence-electron chi connectivity index (χ0n) is 17.7. The predicted octanol–water partition coefficient (Wildman–Crippen LogP) is -3.14. The van der Waals surface area contributed by atoms with E-state index in [1.165, 1.54) is 11.8 Å². The molecule has 0 saturated carbocycles. The number of hydrogen-bond acceptors (Lipinski definition) is 8. The van der Waals surface area contributed by atoms with Crippen LogP contribution >= 0.6 is 11.8 Å². The Morgan fingerprint density at radius 1 is 1.06 bits per heavy atom. The van der Waals surface area contributed by atoms with Gasteiger partial charge in [0.15, 0.2) is 0 Å². The van der Waals surface area contributed by atoms with Gasteiger partial charge in [0.05, 0.1) is 18.9 Å². The van der Waals surface area contributed by atoms with Crippen molar-refractivity contribution in [3.8, 4) is 0 Å². The minimum Gasteiger partial charge on any atom is -0.480 e. The number of carboxylic acid groups (broad SMARTS) is 1. The summed E-state index contributed by atoms with van der Waals surface area (Å²) in [6.07, 6.45) is 1.75. The molecule has 4 atom stereocenters. The lowest BCUT2D eigenvalue weighted by Gasteiger charge is -2.29. The summed E-state index contributed by atoms with van der Waals surface area (Å²) in [6, 6.07) is -4.81. The van der Waals surface area contributed by atoms with Gasteiger partial charge in [-0.25, -0.2) is 4.79 Å². The quantitative estimate of drug-likeness (QED) is 0.158. The molecule has 0 spiro atoms. The molecular formula is C18H30N6O7S. The molecule has 0 radical (unpaired) electrons. The average molecular weight is 475 g/mol. The summed E-state index contributed by atoms with van der Waals surface area (Å²) in [5.74, 6) is -4.72. The van der Waals surface area contributed by atoms with Gasteiger partial charge in [0.1, 0.15) is 18.1 Å². The smallest absolute Gasteiger partial charge is 0.326 e. The maximum atomic E-state index is 13.1. The number of amides is 5. The normalized spacial score (nSPS) is 18.3. The van der Waals surface area contributed by atoms with E-state index in [0.717, 1.165) is 4.90 Å². The molecule has 9 N–H and O–H groups in total. The number of primary amides is 2. The highest BCUT2D eigenvalue weighted by Crippen LogP contribution is 2.20. The standard InChI is InChI=1S/C18H30N6O7S/c1-32-6-4-9(19)15(27)22-10(7-13(20)25)17(29)24-5-2-3-12(24)16(28)23-11(18(30)31)8-14(21)26/h9-12H,2-8,19H2,1H3,(H2,20,25)(H2,21,26)(H,22,27)(H,23,28)(H,30,31). The number of rotatable bonds is 13. The van der Waals surface area contributed by atoms with Crippen molar-refractivity contribution in [1.29, 1.82) is 0 Å². The summed E-state index contributed by atoms with van der Waals surface area (Å²) in [7, 11) is 0. The minimum absolute atomic E-state index is 0.147. The summed E-state index contributed by atoms with van der Waals surface area (Å²) in [4.78, 5) is 73.0. The highest BCUT2D eigenvalue weighted by molar-refractivity contribution is 7.98. The molecule has 1 rings (SSSR count). The number of nitrogens with two attached hydrogens (primary N) is 3. The van der Waals surface area contributed by atoms with Gasteiger partial charge >= 0.3 is 5.97 Å². The predicted molar refractivity (Wildman–Crippen MR) is 115 cm³/mol. The van der Waals surface area contributed by atoms with Gasteiger partial charge in [-0.2, -0.15) is 11.8 Å². The fourth-order valence-corrected chi connectivity index (χ4v) is 3.72. The summed E-state index contributed by atoms with van der Waals surface area (Å²) in [5.41, 5.74) is 16.0. The fraction of sp³-hybridized carbons (Fsp3) is 0.667. The Kier molecular flexibility index (Phi) is 10.9. The Bertz CT molecular complexity index is 749. The third-order valence-electron chi connectivity index (χ3n) is 4.85. The average Bonchev–Trinajstić information content (AvgIpc) is 3.19. The van der Waals surface area contributed by atoms with Crippen molar-refractivity contribution in [2.24, 2.45) is 17.2 Å². The van der Waals surface area contributed by atoms with Crippen molar-refractivity contribution in [2.75, 3.05) is 18.6 Å². The summed E-state index contributed by atoms with van der Waals surface area (Å²) >= 11 is 1.49.